The number of likely N-dealkylation sites (N-methyl/N-ethyl adjacent to an activating group) is 1. The lowest BCUT2D eigenvalue weighted by molar-refractivity contribution is -0.138. The maximum Gasteiger partial charge on any atom is 0.324 e. The van der Waals surface area contributed by atoms with Gasteiger partial charge >= 0.3 is 12.0 Å². The number of carbonyl (C=O) groups is 3. The normalized spacial score (nSPS) is 20.7. The first-order chi connectivity index (χ1) is 8.90. The number of aliphatic carboxylic acids is 1. The van der Waals surface area contributed by atoms with E-state index in [1.165, 1.54) is 0 Å². The fourth-order valence-corrected chi connectivity index (χ4v) is 2.15. The molecule has 0 radical (unpaired) electrons. The molecule has 3 amide bonds. The Morgan fingerprint density at radius 2 is 1.95 bits per heavy atom. The Balaban J connectivity index is 2.47. The van der Waals surface area contributed by atoms with Crippen LogP contribution >= 0.6 is 0 Å². The van der Waals surface area contributed by atoms with Gasteiger partial charge in [0.25, 0.3) is 0 Å². The van der Waals surface area contributed by atoms with Crippen molar-refractivity contribution in [1.29, 1.82) is 0 Å². The highest BCUT2D eigenvalue weighted by molar-refractivity contribution is 5.95. The Morgan fingerprint density at radius 1 is 1.26 bits per heavy atom. The molecule has 0 aromatic carbocycles. The monoisotopic (exact) mass is 271 g/mol. The molecule has 1 unspecified atom stereocenters. The highest BCUT2D eigenvalue weighted by Gasteiger charge is 2.25. The van der Waals surface area contributed by atoms with Crippen molar-refractivity contribution >= 4 is 17.9 Å². The van der Waals surface area contributed by atoms with Crippen molar-refractivity contribution < 1.29 is 19.5 Å². The molecule has 1 saturated heterocycles. The number of urea groups is 1. The van der Waals surface area contributed by atoms with E-state index in [9.17, 15) is 14.4 Å². The molecule has 0 aromatic rings. The quantitative estimate of drug-likeness (QED) is 0.760. The van der Waals surface area contributed by atoms with Crippen molar-refractivity contribution in [3.05, 3.63) is 0 Å². The summed E-state index contributed by atoms with van der Waals surface area (Å²) in [7, 11) is 2.00. The number of amides is 3. The minimum Gasteiger partial charge on any atom is -0.481 e. The fourth-order valence-electron chi connectivity index (χ4n) is 2.15. The van der Waals surface area contributed by atoms with Crippen LogP contribution in [0, 0.1) is 0 Å². The number of carboxylic acids is 1. The molecule has 108 valence electrons. The maximum atomic E-state index is 12.0. The van der Waals surface area contributed by atoms with E-state index in [-0.39, 0.29) is 18.9 Å². The Hall–Kier alpha value is -1.63. The SMILES string of the molecule is CC1CN(C)CCCN1C(=O)NC(=O)CCC(=O)O. The molecule has 1 heterocycles. The van der Waals surface area contributed by atoms with Crippen LogP contribution in [-0.2, 0) is 9.59 Å². The van der Waals surface area contributed by atoms with Gasteiger partial charge in [-0.1, -0.05) is 0 Å². The first-order valence-electron chi connectivity index (χ1n) is 6.41. The topological polar surface area (TPSA) is 90.0 Å². The molecule has 1 rings (SSSR count). The van der Waals surface area contributed by atoms with Crippen LogP contribution in [0.4, 0.5) is 4.79 Å². The third kappa shape index (κ3) is 5.25. The second kappa shape index (κ2) is 7.08. The van der Waals surface area contributed by atoms with E-state index in [2.05, 4.69) is 10.2 Å². The summed E-state index contributed by atoms with van der Waals surface area (Å²) in [6, 6.07) is -0.405. The highest BCUT2D eigenvalue weighted by atomic mass is 16.4. The lowest BCUT2D eigenvalue weighted by Crippen LogP contribution is -2.48. The molecule has 1 aliphatic rings. The number of nitrogens with zero attached hydrogens (tertiary/aromatic N) is 2. The number of rotatable bonds is 3. The van der Waals surface area contributed by atoms with Crippen LogP contribution in [0.1, 0.15) is 26.2 Å². The van der Waals surface area contributed by atoms with Crippen molar-refractivity contribution in [3.8, 4) is 0 Å². The Labute approximate surface area is 112 Å². The van der Waals surface area contributed by atoms with Gasteiger partial charge in [-0.25, -0.2) is 4.79 Å². The Kier molecular flexibility index (Phi) is 5.75. The van der Waals surface area contributed by atoms with Crippen molar-refractivity contribution in [1.82, 2.24) is 15.1 Å². The summed E-state index contributed by atoms with van der Waals surface area (Å²) in [6.45, 7) is 4.21. The number of nitrogens with one attached hydrogen (secondary N) is 1. The number of imide groups is 1. The van der Waals surface area contributed by atoms with Crippen molar-refractivity contribution in [2.45, 2.75) is 32.2 Å². The van der Waals surface area contributed by atoms with E-state index in [4.69, 9.17) is 5.11 Å². The van der Waals surface area contributed by atoms with E-state index in [0.717, 1.165) is 19.5 Å². The van der Waals surface area contributed by atoms with Gasteiger partial charge in [0.2, 0.25) is 5.91 Å². The molecule has 1 atom stereocenters. The number of hydrogen-bond donors (Lipinski definition) is 2. The molecule has 7 nitrogen and oxygen atoms in total. The van der Waals surface area contributed by atoms with Crippen LogP contribution in [0.3, 0.4) is 0 Å². The van der Waals surface area contributed by atoms with Crippen LogP contribution in [0.5, 0.6) is 0 Å². The third-order valence-electron chi connectivity index (χ3n) is 3.12. The zero-order valence-corrected chi connectivity index (χ0v) is 11.4. The lowest BCUT2D eigenvalue weighted by Gasteiger charge is -2.27. The molecule has 0 aliphatic carbocycles. The van der Waals surface area contributed by atoms with Gasteiger partial charge in [-0.2, -0.15) is 0 Å². The molecule has 7 heteroatoms. The van der Waals surface area contributed by atoms with Crippen LogP contribution in [0.25, 0.3) is 0 Å². The molecule has 0 spiro atoms. The van der Waals surface area contributed by atoms with Gasteiger partial charge in [0.15, 0.2) is 0 Å². The minimum absolute atomic E-state index is 0.0276. The molecule has 0 aromatic heterocycles. The van der Waals surface area contributed by atoms with E-state index in [1.54, 1.807) is 4.90 Å². The lowest BCUT2D eigenvalue weighted by atomic mass is 10.3. The van der Waals surface area contributed by atoms with Crippen molar-refractivity contribution in [3.63, 3.8) is 0 Å². The summed E-state index contributed by atoms with van der Waals surface area (Å²) in [5.74, 6) is -1.59. The van der Waals surface area contributed by atoms with Crippen LogP contribution in [0.2, 0.25) is 0 Å². The first-order valence-corrected chi connectivity index (χ1v) is 6.41. The third-order valence-corrected chi connectivity index (χ3v) is 3.12. The van der Waals surface area contributed by atoms with Crippen LogP contribution < -0.4 is 5.32 Å². The summed E-state index contributed by atoms with van der Waals surface area (Å²) >= 11 is 0. The summed E-state index contributed by atoms with van der Waals surface area (Å²) in [5.41, 5.74) is 0. The summed E-state index contributed by atoms with van der Waals surface area (Å²) in [6.07, 6.45) is 0.415. The average Bonchev–Trinajstić information content (AvgIpc) is 2.47. The van der Waals surface area contributed by atoms with Gasteiger partial charge in [0.1, 0.15) is 0 Å². The summed E-state index contributed by atoms with van der Waals surface area (Å²) in [5, 5.41) is 10.7. The second-order valence-corrected chi connectivity index (χ2v) is 4.91. The van der Waals surface area contributed by atoms with E-state index in [0.29, 0.717) is 6.54 Å². The smallest absolute Gasteiger partial charge is 0.324 e. The molecular formula is C12H21N3O4. The highest BCUT2D eigenvalue weighted by Crippen LogP contribution is 2.08. The molecule has 19 heavy (non-hydrogen) atoms. The van der Waals surface area contributed by atoms with Gasteiger partial charge in [-0.15, -0.1) is 0 Å². The Bertz CT molecular complexity index is 359. The van der Waals surface area contributed by atoms with Gasteiger partial charge in [-0.05, 0) is 26.9 Å². The standard InChI is InChI=1S/C12H21N3O4/c1-9-8-14(2)6-3-7-15(9)12(19)13-10(16)4-5-11(17)18/h9H,3-8H2,1-2H3,(H,17,18)(H,13,16,19). The average molecular weight is 271 g/mol. The molecule has 0 bridgehead atoms. The maximum absolute atomic E-state index is 12.0. The largest absolute Gasteiger partial charge is 0.481 e. The molecule has 1 aliphatic heterocycles. The van der Waals surface area contributed by atoms with Gasteiger partial charge in [0, 0.05) is 25.6 Å². The van der Waals surface area contributed by atoms with Crippen LogP contribution in [-0.4, -0.2) is 65.5 Å². The minimum atomic E-state index is -1.05. The number of carbonyl (C=O) groups excluding carboxylic acids is 2. The fraction of sp³-hybridized carbons (Fsp3) is 0.750. The summed E-state index contributed by atoms with van der Waals surface area (Å²) < 4.78 is 0. The molecule has 1 fully saturated rings. The molecular weight excluding hydrogens is 250 g/mol. The number of carboxylic acid groups (broad SMARTS) is 1. The zero-order chi connectivity index (χ0) is 14.4. The van der Waals surface area contributed by atoms with Gasteiger partial charge in [0.05, 0.1) is 6.42 Å². The van der Waals surface area contributed by atoms with Crippen molar-refractivity contribution in [2.24, 2.45) is 0 Å². The predicted molar refractivity (Wildman–Crippen MR) is 68.7 cm³/mol. The van der Waals surface area contributed by atoms with E-state index < -0.39 is 17.9 Å². The Morgan fingerprint density at radius 3 is 2.58 bits per heavy atom. The van der Waals surface area contributed by atoms with E-state index >= 15 is 0 Å². The summed E-state index contributed by atoms with van der Waals surface area (Å²) in [4.78, 5) is 37.5. The second-order valence-electron chi connectivity index (χ2n) is 4.91. The van der Waals surface area contributed by atoms with Crippen LogP contribution in [0.15, 0.2) is 0 Å². The molecule has 2 N–H and O–H groups in total. The predicted octanol–water partition coefficient (Wildman–Crippen LogP) is 0.113. The van der Waals surface area contributed by atoms with Gasteiger partial charge in [-0.3, -0.25) is 14.9 Å². The van der Waals surface area contributed by atoms with Crippen molar-refractivity contribution in [2.75, 3.05) is 26.7 Å². The first kappa shape index (κ1) is 15.4. The molecule has 0 saturated carbocycles. The zero-order valence-electron chi connectivity index (χ0n) is 11.4. The van der Waals surface area contributed by atoms with Gasteiger partial charge < -0.3 is 14.9 Å². The van der Waals surface area contributed by atoms with E-state index in [1.807, 2.05) is 14.0 Å². The number of hydrogen-bond acceptors (Lipinski definition) is 4.